The van der Waals surface area contributed by atoms with Crippen LogP contribution in [0.15, 0.2) is 33.3 Å². The molecule has 0 radical (unpaired) electrons. The molecular formula is C9H10IN7O3. The molecule has 0 amide bonds. The number of dihydropyridines is 1. The molecule has 1 unspecified atom stereocenters. The Morgan fingerprint density at radius 2 is 2.45 bits per heavy atom. The summed E-state index contributed by atoms with van der Waals surface area (Å²) in [6.45, 7) is -0.247. The molecule has 20 heavy (non-hydrogen) atoms. The first-order chi connectivity index (χ1) is 9.58. The van der Waals surface area contributed by atoms with E-state index in [-0.39, 0.29) is 29.2 Å². The van der Waals surface area contributed by atoms with Crippen LogP contribution in [0, 0.1) is 10.3 Å². The number of carbonyl (C=O) groups excluding carboxylic acids is 1. The number of methoxy groups -OCH3 is 1. The molecule has 0 aromatic rings. The number of hydrogen-bond acceptors (Lipinski definition) is 8. The van der Waals surface area contributed by atoms with Gasteiger partial charge in [-0.3, -0.25) is 0 Å². The van der Waals surface area contributed by atoms with Crippen LogP contribution in [0.1, 0.15) is 0 Å². The van der Waals surface area contributed by atoms with Crippen LogP contribution in [0.2, 0.25) is 0 Å². The summed E-state index contributed by atoms with van der Waals surface area (Å²) in [6, 6.07) is 0. The van der Waals surface area contributed by atoms with Crippen molar-refractivity contribution in [3.8, 4) is 0 Å². The highest BCUT2D eigenvalue weighted by Gasteiger charge is 2.29. The summed E-state index contributed by atoms with van der Waals surface area (Å²) in [4.78, 5) is 25.0. The van der Waals surface area contributed by atoms with Crippen molar-refractivity contribution >= 4 is 34.5 Å². The third kappa shape index (κ3) is 3.45. The van der Waals surface area contributed by atoms with Gasteiger partial charge in [0.2, 0.25) is 0 Å². The van der Waals surface area contributed by atoms with Crippen LogP contribution in [-0.4, -0.2) is 31.5 Å². The molecule has 0 aliphatic carbocycles. The van der Waals surface area contributed by atoms with Crippen LogP contribution in [0.5, 0.6) is 0 Å². The normalized spacial score (nSPS) is 17.3. The highest BCUT2D eigenvalue weighted by atomic mass is 127. The molecule has 0 spiro atoms. The SMILES string of the molecule is COC(=O)C1=CC(N=O)NC(NI)=C1C(=N)CN=[N+]=[N-]. The molecular weight excluding hydrogens is 381 g/mol. The van der Waals surface area contributed by atoms with Gasteiger partial charge in [0.15, 0.2) is 6.17 Å². The molecule has 1 aliphatic heterocycles. The van der Waals surface area contributed by atoms with E-state index in [0.717, 1.165) is 0 Å². The van der Waals surface area contributed by atoms with Crippen LogP contribution in [0.25, 0.3) is 10.4 Å². The number of esters is 1. The molecule has 0 aromatic carbocycles. The average Bonchev–Trinajstić information content (AvgIpc) is 2.50. The van der Waals surface area contributed by atoms with Gasteiger partial charge in [-0.05, 0) is 16.8 Å². The first kappa shape index (κ1) is 15.9. The van der Waals surface area contributed by atoms with Crippen molar-refractivity contribution in [1.82, 2.24) is 8.85 Å². The minimum absolute atomic E-state index is 0.00755. The quantitative estimate of drug-likeness (QED) is 0.0910. The van der Waals surface area contributed by atoms with E-state index < -0.39 is 12.1 Å². The van der Waals surface area contributed by atoms with Crippen LogP contribution in [0.3, 0.4) is 0 Å². The van der Waals surface area contributed by atoms with Gasteiger partial charge in [-0.15, -0.1) is 4.91 Å². The number of nitrogens with zero attached hydrogens (tertiary/aromatic N) is 4. The Kier molecular flexibility index (Phi) is 5.93. The standard InChI is InChI=1S/C9H10IN7O3/c1-20-9(18)4-2-6(16-19)14-8(15-10)7(4)5(11)3-13-17-12/h2,6,11,14-15H,3H2,1H3. The van der Waals surface area contributed by atoms with Gasteiger partial charge in [0.25, 0.3) is 0 Å². The first-order valence-electron chi connectivity index (χ1n) is 5.18. The van der Waals surface area contributed by atoms with Gasteiger partial charge in [-0.25, -0.2) is 4.79 Å². The molecule has 0 saturated heterocycles. The number of carbonyl (C=O) groups is 1. The van der Waals surface area contributed by atoms with E-state index in [1.165, 1.54) is 13.2 Å². The van der Waals surface area contributed by atoms with Crippen molar-refractivity contribution < 1.29 is 9.53 Å². The topological polar surface area (TPSA) is 152 Å². The van der Waals surface area contributed by atoms with Gasteiger partial charge < -0.3 is 19.0 Å². The number of ether oxygens (including phenoxy) is 1. The van der Waals surface area contributed by atoms with Crippen LogP contribution < -0.4 is 8.85 Å². The molecule has 1 heterocycles. The van der Waals surface area contributed by atoms with Gasteiger partial charge in [0, 0.05) is 10.6 Å². The first-order valence-corrected chi connectivity index (χ1v) is 6.26. The van der Waals surface area contributed by atoms with Gasteiger partial charge >= 0.3 is 5.97 Å². The lowest BCUT2D eigenvalue weighted by Gasteiger charge is -2.23. The number of halogens is 1. The zero-order valence-electron chi connectivity index (χ0n) is 10.3. The molecule has 1 aliphatic rings. The second-order valence-electron chi connectivity index (χ2n) is 3.48. The second kappa shape index (κ2) is 7.45. The van der Waals surface area contributed by atoms with E-state index in [9.17, 15) is 9.70 Å². The van der Waals surface area contributed by atoms with E-state index in [1.807, 2.05) is 0 Å². The Morgan fingerprint density at radius 3 is 2.95 bits per heavy atom. The smallest absolute Gasteiger partial charge is 0.338 e. The fourth-order valence-electron chi connectivity index (χ4n) is 1.54. The predicted octanol–water partition coefficient (Wildman–Crippen LogP) is 1.26. The number of rotatable bonds is 6. The fourth-order valence-corrected chi connectivity index (χ4v) is 1.97. The van der Waals surface area contributed by atoms with Crippen molar-refractivity contribution in [3.05, 3.63) is 38.4 Å². The van der Waals surface area contributed by atoms with E-state index in [1.54, 1.807) is 22.9 Å². The summed E-state index contributed by atoms with van der Waals surface area (Å²) in [5.74, 6) is -0.471. The highest BCUT2D eigenvalue weighted by molar-refractivity contribution is 14.1. The number of hydrogen-bond donors (Lipinski definition) is 3. The maximum atomic E-state index is 11.8. The molecule has 0 fully saturated rings. The fraction of sp³-hybridized carbons (Fsp3) is 0.333. The number of nitroso groups, excluding NO2 is 1. The van der Waals surface area contributed by atoms with Crippen molar-refractivity contribution in [2.75, 3.05) is 13.7 Å². The lowest BCUT2D eigenvalue weighted by Crippen LogP contribution is -2.37. The summed E-state index contributed by atoms with van der Waals surface area (Å²) in [5, 5.41) is 16.6. The molecule has 0 bridgehead atoms. The molecule has 10 nitrogen and oxygen atoms in total. The van der Waals surface area contributed by atoms with E-state index in [0.29, 0.717) is 0 Å². The largest absolute Gasteiger partial charge is 0.465 e. The Balaban J connectivity index is 3.29. The monoisotopic (exact) mass is 391 g/mol. The third-order valence-electron chi connectivity index (χ3n) is 2.34. The Morgan fingerprint density at radius 1 is 1.75 bits per heavy atom. The Hall–Kier alpha value is -2.14. The highest BCUT2D eigenvalue weighted by Crippen LogP contribution is 2.22. The molecule has 1 atom stereocenters. The minimum Gasteiger partial charge on any atom is -0.465 e. The molecule has 0 aromatic heterocycles. The van der Waals surface area contributed by atoms with Crippen LogP contribution >= 0.6 is 22.9 Å². The summed E-state index contributed by atoms with van der Waals surface area (Å²) in [5.41, 5.74) is 8.36. The van der Waals surface area contributed by atoms with Gasteiger partial charge in [-0.2, -0.15) is 0 Å². The lowest BCUT2D eigenvalue weighted by atomic mass is 9.97. The minimum atomic E-state index is -0.961. The summed E-state index contributed by atoms with van der Waals surface area (Å²) in [6.07, 6.45) is 0.286. The van der Waals surface area contributed by atoms with Gasteiger partial charge in [0.05, 0.1) is 47.7 Å². The molecule has 0 saturated carbocycles. The Bertz CT molecular complexity index is 550. The third-order valence-corrected chi connectivity index (χ3v) is 2.88. The lowest BCUT2D eigenvalue weighted by molar-refractivity contribution is -0.135. The number of azide groups is 1. The molecule has 1 rings (SSSR count). The van der Waals surface area contributed by atoms with E-state index >= 15 is 0 Å². The van der Waals surface area contributed by atoms with Crippen molar-refractivity contribution in [1.29, 1.82) is 5.41 Å². The summed E-state index contributed by atoms with van der Waals surface area (Å²) in [7, 11) is 1.18. The zero-order chi connectivity index (χ0) is 15.1. The van der Waals surface area contributed by atoms with Gasteiger partial charge in [0.1, 0.15) is 5.82 Å². The van der Waals surface area contributed by atoms with Crippen molar-refractivity contribution in [2.24, 2.45) is 10.3 Å². The molecule has 3 N–H and O–H groups in total. The average molecular weight is 391 g/mol. The van der Waals surface area contributed by atoms with Gasteiger partial charge in [-0.1, -0.05) is 5.11 Å². The zero-order valence-corrected chi connectivity index (χ0v) is 12.4. The Labute approximate surface area is 127 Å². The van der Waals surface area contributed by atoms with E-state index in [2.05, 4.69) is 28.8 Å². The molecule has 106 valence electrons. The van der Waals surface area contributed by atoms with Crippen molar-refractivity contribution in [2.45, 2.75) is 6.17 Å². The van der Waals surface area contributed by atoms with Crippen molar-refractivity contribution in [3.63, 3.8) is 0 Å². The maximum absolute atomic E-state index is 11.8. The predicted molar refractivity (Wildman–Crippen MR) is 78.7 cm³/mol. The molecule has 11 heteroatoms. The summed E-state index contributed by atoms with van der Waals surface area (Å²) >= 11 is 1.77. The second-order valence-corrected chi connectivity index (χ2v) is 4.02. The van der Waals surface area contributed by atoms with Crippen LogP contribution in [-0.2, 0) is 9.53 Å². The van der Waals surface area contributed by atoms with E-state index in [4.69, 9.17) is 10.9 Å². The van der Waals surface area contributed by atoms with Crippen LogP contribution in [0.4, 0.5) is 0 Å². The maximum Gasteiger partial charge on any atom is 0.338 e. The number of nitrogens with one attached hydrogen (secondary N) is 3. The summed E-state index contributed by atoms with van der Waals surface area (Å²) < 4.78 is 7.32.